The Labute approximate surface area is 96.6 Å². The third-order valence-electron chi connectivity index (χ3n) is 1.84. The van der Waals surface area contributed by atoms with E-state index in [0.29, 0.717) is 6.42 Å². The van der Waals surface area contributed by atoms with Gasteiger partial charge in [0.05, 0.1) is 6.10 Å². The van der Waals surface area contributed by atoms with Crippen LogP contribution in [0.4, 0.5) is 0 Å². The fourth-order valence-electron chi connectivity index (χ4n) is 1.09. The van der Waals surface area contributed by atoms with E-state index in [9.17, 15) is 9.59 Å². The molecule has 0 rings (SSSR count). The molecule has 92 valence electrons. The SMILES string of the molecule is C=CC(=O)OC(C)(C)CCC(=O)OC(C)C. The molecule has 0 atom stereocenters. The zero-order chi connectivity index (χ0) is 12.8. The summed E-state index contributed by atoms with van der Waals surface area (Å²) < 4.78 is 10.1. The predicted molar refractivity (Wildman–Crippen MR) is 60.8 cm³/mol. The Morgan fingerprint density at radius 3 is 2.38 bits per heavy atom. The van der Waals surface area contributed by atoms with Gasteiger partial charge in [-0.15, -0.1) is 0 Å². The molecule has 0 bridgehead atoms. The summed E-state index contributed by atoms with van der Waals surface area (Å²) in [5.41, 5.74) is -0.679. The molecule has 0 N–H and O–H groups in total. The molecule has 0 unspecified atom stereocenters. The lowest BCUT2D eigenvalue weighted by atomic mass is 10.0. The molecule has 0 heterocycles. The van der Waals surface area contributed by atoms with Gasteiger partial charge in [-0.2, -0.15) is 0 Å². The molecule has 0 aliphatic carbocycles. The van der Waals surface area contributed by atoms with Crippen molar-refractivity contribution >= 4 is 11.9 Å². The first-order valence-electron chi connectivity index (χ1n) is 5.32. The van der Waals surface area contributed by atoms with Crippen molar-refractivity contribution < 1.29 is 19.1 Å². The molecule has 0 saturated carbocycles. The van der Waals surface area contributed by atoms with Gasteiger partial charge < -0.3 is 9.47 Å². The van der Waals surface area contributed by atoms with Crippen LogP contribution in [0.1, 0.15) is 40.5 Å². The van der Waals surface area contributed by atoms with E-state index in [1.165, 1.54) is 0 Å². The van der Waals surface area contributed by atoms with E-state index in [-0.39, 0.29) is 18.5 Å². The first-order valence-corrected chi connectivity index (χ1v) is 5.32. The van der Waals surface area contributed by atoms with Crippen LogP contribution in [-0.4, -0.2) is 23.6 Å². The van der Waals surface area contributed by atoms with E-state index in [4.69, 9.17) is 9.47 Å². The summed E-state index contributed by atoms with van der Waals surface area (Å²) in [5, 5.41) is 0. The molecule has 0 aromatic rings. The summed E-state index contributed by atoms with van der Waals surface area (Å²) in [6.45, 7) is 10.4. The molecule has 0 aromatic carbocycles. The molecule has 0 aliphatic rings. The van der Waals surface area contributed by atoms with Crippen molar-refractivity contribution in [2.75, 3.05) is 0 Å². The van der Waals surface area contributed by atoms with Gasteiger partial charge in [-0.05, 0) is 34.1 Å². The molecule has 0 radical (unpaired) electrons. The van der Waals surface area contributed by atoms with E-state index in [1.54, 1.807) is 27.7 Å². The second-order valence-corrected chi connectivity index (χ2v) is 4.42. The molecule has 0 amide bonds. The average molecular weight is 228 g/mol. The van der Waals surface area contributed by atoms with Gasteiger partial charge in [0.25, 0.3) is 0 Å². The average Bonchev–Trinajstić information content (AvgIpc) is 2.13. The molecular formula is C12H20O4. The van der Waals surface area contributed by atoms with E-state index >= 15 is 0 Å². The van der Waals surface area contributed by atoms with Gasteiger partial charge >= 0.3 is 11.9 Å². The Bertz CT molecular complexity index is 266. The molecule has 4 nitrogen and oxygen atoms in total. The van der Waals surface area contributed by atoms with E-state index in [2.05, 4.69) is 6.58 Å². The Morgan fingerprint density at radius 2 is 1.94 bits per heavy atom. The third-order valence-corrected chi connectivity index (χ3v) is 1.84. The highest BCUT2D eigenvalue weighted by molar-refractivity contribution is 5.81. The number of ether oxygens (including phenoxy) is 2. The minimum Gasteiger partial charge on any atom is -0.463 e. The van der Waals surface area contributed by atoms with E-state index in [1.807, 2.05) is 0 Å². The number of hydrogen-bond acceptors (Lipinski definition) is 4. The van der Waals surface area contributed by atoms with Crippen LogP contribution in [0.2, 0.25) is 0 Å². The van der Waals surface area contributed by atoms with Crippen molar-refractivity contribution in [3.63, 3.8) is 0 Å². The minimum absolute atomic E-state index is 0.119. The summed E-state index contributed by atoms with van der Waals surface area (Å²) in [4.78, 5) is 22.3. The van der Waals surface area contributed by atoms with Crippen LogP contribution in [0.25, 0.3) is 0 Å². The zero-order valence-electron chi connectivity index (χ0n) is 10.4. The fraction of sp³-hybridized carbons (Fsp3) is 0.667. The molecule has 0 spiro atoms. The highest BCUT2D eigenvalue weighted by Gasteiger charge is 2.23. The van der Waals surface area contributed by atoms with Crippen LogP contribution in [0.5, 0.6) is 0 Å². The van der Waals surface area contributed by atoms with Crippen molar-refractivity contribution in [1.29, 1.82) is 0 Å². The Kier molecular flexibility index (Phi) is 5.78. The van der Waals surface area contributed by atoms with Crippen LogP contribution in [0, 0.1) is 0 Å². The maximum atomic E-state index is 11.3. The van der Waals surface area contributed by atoms with Gasteiger partial charge in [0, 0.05) is 12.5 Å². The van der Waals surface area contributed by atoms with Gasteiger partial charge in [-0.3, -0.25) is 4.79 Å². The quantitative estimate of drug-likeness (QED) is 0.516. The second kappa shape index (κ2) is 6.30. The van der Waals surface area contributed by atoms with Crippen LogP contribution < -0.4 is 0 Å². The lowest BCUT2D eigenvalue weighted by Gasteiger charge is -2.24. The summed E-state index contributed by atoms with van der Waals surface area (Å²) in [6.07, 6.45) is 1.65. The summed E-state index contributed by atoms with van der Waals surface area (Å²) in [6, 6.07) is 0. The molecule has 0 fully saturated rings. The van der Waals surface area contributed by atoms with Gasteiger partial charge in [-0.25, -0.2) is 4.79 Å². The summed E-state index contributed by atoms with van der Waals surface area (Å²) in [7, 11) is 0. The highest BCUT2D eigenvalue weighted by Crippen LogP contribution is 2.17. The normalized spacial score (nSPS) is 11.1. The fourth-order valence-corrected chi connectivity index (χ4v) is 1.09. The standard InChI is InChI=1S/C12H20O4/c1-6-10(13)16-12(4,5)8-7-11(14)15-9(2)3/h6,9H,1,7-8H2,2-5H3. The number of rotatable bonds is 6. The molecule has 4 heteroatoms. The zero-order valence-corrected chi connectivity index (χ0v) is 10.4. The topological polar surface area (TPSA) is 52.6 Å². The van der Waals surface area contributed by atoms with Crippen molar-refractivity contribution in [3.8, 4) is 0 Å². The van der Waals surface area contributed by atoms with Gasteiger partial charge in [0.1, 0.15) is 5.60 Å². The maximum absolute atomic E-state index is 11.3. The molecular weight excluding hydrogens is 208 g/mol. The second-order valence-electron chi connectivity index (χ2n) is 4.42. The Morgan fingerprint density at radius 1 is 1.38 bits per heavy atom. The third kappa shape index (κ3) is 7.04. The number of hydrogen-bond donors (Lipinski definition) is 0. The highest BCUT2D eigenvalue weighted by atomic mass is 16.6. The number of carbonyl (C=O) groups excluding carboxylic acids is 2. The first-order chi connectivity index (χ1) is 7.26. The van der Waals surface area contributed by atoms with Crippen molar-refractivity contribution in [2.24, 2.45) is 0 Å². The van der Waals surface area contributed by atoms with Crippen LogP contribution >= 0.6 is 0 Å². The Balaban J connectivity index is 4.03. The largest absolute Gasteiger partial charge is 0.463 e. The van der Waals surface area contributed by atoms with E-state index < -0.39 is 11.6 Å². The Hall–Kier alpha value is -1.32. The lowest BCUT2D eigenvalue weighted by Crippen LogP contribution is -2.28. The van der Waals surface area contributed by atoms with Crippen LogP contribution in [0.15, 0.2) is 12.7 Å². The lowest BCUT2D eigenvalue weighted by molar-refractivity contribution is -0.156. The van der Waals surface area contributed by atoms with E-state index in [0.717, 1.165) is 6.08 Å². The van der Waals surface area contributed by atoms with Gasteiger partial charge in [0.15, 0.2) is 0 Å². The summed E-state index contributed by atoms with van der Waals surface area (Å²) in [5.74, 6) is -0.764. The van der Waals surface area contributed by atoms with Crippen LogP contribution in [-0.2, 0) is 19.1 Å². The molecule has 0 saturated heterocycles. The molecule has 0 aromatic heterocycles. The van der Waals surface area contributed by atoms with Gasteiger partial charge in [0.2, 0.25) is 0 Å². The first kappa shape index (κ1) is 14.7. The van der Waals surface area contributed by atoms with Crippen LogP contribution in [0.3, 0.4) is 0 Å². The monoisotopic (exact) mass is 228 g/mol. The summed E-state index contributed by atoms with van der Waals surface area (Å²) >= 11 is 0. The number of esters is 2. The minimum atomic E-state index is -0.679. The molecule has 0 aliphatic heterocycles. The molecule has 16 heavy (non-hydrogen) atoms. The smallest absolute Gasteiger partial charge is 0.330 e. The maximum Gasteiger partial charge on any atom is 0.330 e. The van der Waals surface area contributed by atoms with Crippen molar-refractivity contribution in [1.82, 2.24) is 0 Å². The predicted octanol–water partition coefficient (Wildman–Crippen LogP) is 2.23. The van der Waals surface area contributed by atoms with Crippen molar-refractivity contribution in [3.05, 3.63) is 12.7 Å². The number of carbonyl (C=O) groups is 2. The van der Waals surface area contributed by atoms with Gasteiger partial charge in [-0.1, -0.05) is 6.58 Å². The van der Waals surface area contributed by atoms with Crippen molar-refractivity contribution in [2.45, 2.75) is 52.2 Å².